The largest absolute Gasteiger partial charge is 0.366 e. The lowest BCUT2D eigenvalue weighted by Crippen LogP contribution is -2.55. The van der Waals surface area contributed by atoms with Crippen molar-refractivity contribution in [2.75, 3.05) is 24.5 Å². The summed E-state index contributed by atoms with van der Waals surface area (Å²) in [5.74, 6) is 0. The van der Waals surface area contributed by atoms with Crippen LogP contribution in [0.5, 0.6) is 0 Å². The van der Waals surface area contributed by atoms with E-state index in [-0.39, 0.29) is 6.04 Å². The van der Waals surface area contributed by atoms with Crippen molar-refractivity contribution in [1.82, 2.24) is 4.90 Å². The van der Waals surface area contributed by atoms with E-state index in [0.29, 0.717) is 6.04 Å². The number of hydrogen-bond acceptors (Lipinski definition) is 3. The van der Waals surface area contributed by atoms with Gasteiger partial charge in [-0.05, 0) is 57.0 Å². The summed E-state index contributed by atoms with van der Waals surface area (Å²) in [6.45, 7) is 8.01. The third-order valence-corrected chi connectivity index (χ3v) is 5.22. The van der Waals surface area contributed by atoms with Gasteiger partial charge in [0.05, 0.1) is 0 Å². The minimum atomic E-state index is 0.0660. The van der Waals surface area contributed by atoms with E-state index >= 15 is 0 Å². The molecule has 3 nitrogen and oxygen atoms in total. The Morgan fingerprint density at radius 2 is 2.15 bits per heavy atom. The van der Waals surface area contributed by atoms with E-state index in [1.807, 2.05) is 0 Å². The Labute approximate surface area is 130 Å². The zero-order valence-corrected chi connectivity index (χ0v) is 13.9. The molecule has 0 aromatic heterocycles. The van der Waals surface area contributed by atoms with Crippen LogP contribution in [0.15, 0.2) is 22.7 Å². The predicted molar refractivity (Wildman–Crippen MR) is 88.1 cm³/mol. The van der Waals surface area contributed by atoms with E-state index in [2.05, 4.69) is 57.8 Å². The second-order valence-electron chi connectivity index (χ2n) is 6.28. The quantitative estimate of drug-likeness (QED) is 0.899. The Morgan fingerprint density at radius 1 is 1.35 bits per heavy atom. The first-order chi connectivity index (χ1) is 9.56. The number of hydrogen-bond donors (Lipinski definition) is 1. The summed E-state index contributed by atoms with van der Waals surface area (Å²) >= 11 is 3.57. The SMILES string of the molecule is CC(N)c1cc(Br)ccc1N1CC2CCCN2CC1C. The van der Waals surface area contributed by atoms with Crippen LogP contribution < -0.4 is 10.6 Å². The molecule has 4 heteroatoms. The number of anilines is 1. The summed E-state index contributed by atoms with van der Waals surface area (Å²) in [6.07, 6.45) is 2.69. The molecular weight excluding hydrogens is 314 g/mol. The second kappa shape index (κ2) is 5.66. The van der Waals surface area contributed by atoms with Crippen LogP contribution in [0.2, 0.25) is 0 Å². The Kier molecular flexibility index (Phi) is 4.07. The zero-order chi connectivity index (χ0) is 14.3. The molecule has 1 aromatic carbocycles. The van der Waals surface area contributed by atoms with Gasteiger partial charge in [0.15, 0.2) is 0 Å². The molecule has 0 amide bonds. The van der Waals surface area contributed by atoms with E-state index in [1.54, 1.807) is 0 Å². The van der Waals surface area contributed by atoms with Gasteiger partial charge in [-0.15, -0.1) is 0 Å². The maximum Gasteiger partial charge on any atom is 0.0418 e. The average molecular weight is 338 g/mol. The first kappa shape index (κ1) is 14.4. The Bertz CT molecular complexity index is 489. The highest BCUT2D eigenvalue weighted by atomic mass is 79.9. The topological polar surface area (TPSA) is 32.5 Å². The monoisotopic (exact) mass is 337 g/mol. The van der Waals surface area contributed by atoms with Crippen LogP contribution in [0, 0.1) is 0 Å². The number of benzene rings is 1. The molecule has 2 saturated heterocycles. The molecule has 3 rings (SSSR count). The van der Waals surface area contributed by atoms with Gasteiger partial charge in [-0.1, -0.05) is 15.9 Å². The molecule has 2 aliphatic rings. The van der Waals surface area contributed by atoms with E-state index in [1.165, 1.54) is 37.2 Å². The third kappa shape index (κ3) is 2.61. The molecule has 2 fully saturated rings. The van der Waals surface area contributed by atoms with Crippen molar-refractivity contribution in [3.63, 3.8) is 0 Å². The lowest BCUT2D eigenvalue weighted by atomic mass is 10.0. The van der Waals surface area contributed by atoms with Crippen molar-refractivity contribution >= 4 is 21.6 Å². The van der Waals surface area contributed by atoms with Crippen LogP contribution in [0.4, 0.5) is 5.69 Å². The molecule has 3 atom stereocenters. The number of rotatable bonds is 2. The summed E-state index contributed by atoms with van der Waals surface area (Å²) in [6, 6.07) is 7.89. The lowest BCUT2D eigenvalue weighted by Gasteiger charge is -2.44. The molecular formula is C16H24BrN3. The maximum atomic E-state index is 6.18. The highest BCUT2D eigenvalue weighted by Crippen LogP contribution is 2.34. The number of halogens is 1. The van der Waals surface area contributed by atoms with Gasteiger partial charge in [-0.2, -0.15) is 0 Å². The van der Waals surface area contributed by atoms with Gasteiger partial charge >= 0.3 is 0 Å². The highest BCUT2D eigenvalue weighted by molar-refractivity contribution is 9.10. The molecule has 0 radical (unpaired) electrons. The molecule has 20 heavy (non-hydrogen) atoms. The molecule has 2 aliphatic heterocycles. The number of nitrogens with two attached hydrogens (primary N) is 1. The minimum Gasteiger partial charge on any atom is -0.366 e. The number of piperazine rings is 1. The van der Waals surface area contributed by atoms with Crippen molar-refractivity contribution in [3.8, 4) is 0 Å². The first-order valence-electron chi connectivity index (χ1n) is 7.62. The summed E-state index contributed by atoms with van der Waals surface area (Å²) in [5.41, 5.74) is 8.75. The normalized spacial score (nSPS) is 28.5. The van der Waals surface area contributed by atoms with E-state index in [0.717, 1.165) is 17.1 Å². The summed E-state index contributed by atoms with van der Waals surface area (Å²) < 4.78 is 1.11. The van der Waals surface area contributed by atoms with Gasteiger partial charge in [0.2, 0.25) is 0 Å². The Balaban J connectivity index is 1.91. The van der Waals surface area contributed by atoms with Crippen molar-refractivity contribution in [3.05, 3.63) is 28.2 Å². The molecule has 110 valence electrons. The second-order valence-corrected chi connectivity index (χ2v) is 7.20. The highest BCUT2D eigenvalue weighted by Gasteiger charge is 2.35. The third-order valence-electron chi connectivity index (χ3n) is 4.73. The molecule has 2 heterocycles. The van der Waals surface area contributed by atoms with Gasteiger partial charge in [0.1, 0.15) is 0 Å². The summed E-state index contributed by atoms with van der Waals surface area (Å²) in [5, 5.41) is 0. The van der Waals surface area contributed by atoms with Crippen molar-refractivity contribution in [2.45, 2.75) is 44.8 Å². The van der Waals surface area contributed by atoms with Crippen molar-refractivity contribution in [2.24, 2.45) is 5.73 Å². The smallest absolute Gasteiger partial charge is 0.0418 e. The van der Waals surface area contributed by atoms with Crippen LogP contribution >= 0.6 is 15.9 Å². The average Bonchev–Trinajstić information content (AvgIpc) is 2.85. The molecule has 1 aromatic rings. The van der Waals surface area contributed by atoms with E-state index < -0.39 is 0 Å². The van der Waals surface area contributed by atoms with Crippen LogP contribution in [0.3, 0.4) is 0 Å². The Morgan fingerprint density at radius 3 is 2.90 bits per heavy atom. The fraction of sp³-hybridized carbons (Fsp3) is 0.625. The van der Waals surface area contributed by atoms with Crippen LogP contribution in [0.1, 0.15) is 38.3 Å². The van der Waals surface area contributed by atoms with Gasteiger partial charge < -0.3 is 10.6 Å². The van der Waals surface area contributed by atoms with Crippen molar-refractivity contribution in [1.29, 1.82) is 0 Å². The fourth-order valence-electron chi connectivity index (χ4n) is 3.67. The van der Waals surface area contributed by atoms with Crippen LogP contribution in [-0.4, -0.2) is 36.6 Å². The molecule has 0 spiro atoms. The first-order valence-corrected chi connectivity index (χ1v) is 8.41. The van der Waals surface area contributed by atoms with Gasteiger partial charge in [-0.25, -0.2) is 0 Å². The van der Waals surface area contributed by atoms with E-state index in [9.17, 15) is 0 Å². The fourth-order valence-corrected chi connectivity index (χ4v) is 4.05. The summed E-state index contributed by atoms with van der Waals surface area (Å²) in [4.78, 5) is 5.23. The zero-order valence-electron chi connectivity index (χ0n) is 12.3. The molecule has 0 aliphatic carbocycles. The molecule has 0 bridgehead atoms. The number of nitrogens with zero attached hydrogens (tertiary/aromatic N) is 2. The molecule has 3 unspecified atom stereocenters. The van der Waals surface area contributed by atoms with Crippen LogP contribution in [0.25, 0.3) is 0 Å². The molecule has 2 N–H and O–H groups in total. The van der Waals surface area contributed by atoms with Crippen LogP contribution in [-0.2, 0) is 0 Å². The Hall–Kier alpha value is -0.580. The van der Waals surface area contributed by atoms with Crippen molar-refractivity contribution < 1.29 is 0 Å². The lowest BCUT2D eigenvalue weighted by molar-refractivity contribution is 0.202. The number of fused-ring (bicyclic) bond motifs is 1. The predicted octanol–water partition coefficient (Wildman–Crippen LogP) is 3.14. The summed E-state index contributed by atoms with van der Waals surface area (Å²) in [7, 11) is 0. The van der Waals surface area contributed by atoms with Gasteiger partial charge in [-0.3, -0.25) is 4.90 Å². The van der Waals surface area contributed by atoms with Gasteiger partial charge in [0.25, 0.3) is 0 Å². The minimum absolute atomic E-state index is 0.0660. The van der Waals surface area contributed by atoms with E-state index in [4.69, 9.17) is 5.73 Å². The van der Waals surface area contributed by atoms with Gasteiger partial charge in [0, 0.05) is 41.4 Å². The maximum absolute atomic E-state index is 6.18. The standard InChI is InChI=1S/C16H24BrN3/c1-11-9-19-7-3-4-14(19)10-20(11)16-6-5-13(17)8-15(16)12(2)18/h5-6,8,11-12,14H,3-4,7,9-10,18H2,1-2H3. The molecule has 0 saturated carbocycles.